The molecule has 0 aliphatic heterocycles. The highest BCUT2D eigenvalue weighted by Gasteiger charge is 2.19. The van der Waals surface area contributed by atoms with Gasteiger partial charge >= 0.3 is 12.0 Å². The van der Waals surface area contributed by atoms with E-state index in [0.29, 0.717) is 25.9 Å². The summed E-state index contributed by atoms with van der Waals surface area (Å²) >= 11 is 1.60. The first kappa shape index (κ1) is 19.7. The Hall–Kier alpha value is -2.60. The molecule has 0 aliphatic rings. The molecule has 0 saturated carbocycles. The van der Waals surface area contributed by atoms with E-state index in [-0.39, 0.29) is 18.5 Å². The number of carbonyl (C=O) groups excluding carboxylic acids is 1. The Labute approximate surface area is 158 Å². The largest absolute Gasteiger partial charge is 0.481 e. The van der Waals surface area contributed by atoms with Crippen LogP contribution in [0.1, 0.15) is 23.3 Å². The van der Waals surface area contributed by atoms with Crippen LogP contribution in [0.2, 0.25) is 0 Å². The number of amides is 2. The summed E-state index contributed by atoms with van der Waals surface area (Å²) in [6, 6.07) is 13.3. The highest BCUT2D eigenvalue weighted by atomic mass is 32.1. The third-order valence-corrected chi connectivity index (χ3v) is 4.78. The normalized spacial score (nSPS) is 11.5. The van der Waals surface area contributed by atoms with Gasteiger partial charge in [0.05, 0.1) is 6.54 Å². The molecule has 5 nitrogen and oxygen atoms in total. The van der Waals surface area contributed by atoms with Crippen LogP contribution >= 0.6 is 11.3 Å². The van der Waals surface area contributed by atoms with Gasteiger partial charge in [0.1, 0.15) is 0 Å². The Bertz CT molecular complexity index is 701. The zero-order valence-electron chi connectivity index (χ0n) is 14.6. The number of aliphatic carboxylic acids is 1. The predicted octanol–water partition coefficient (Wildman–Crippen LogP) is 3.92. The molecule has 2 amide bonds. The Morgan fingerprint density at radius 3 is 2.62 bits per heavy atom. The van der Waals surface area contributed by atoms with Crippen LogP contribution in [0.3, 0.4) is 0 Å². The van der Waals surface area contributed by atoms with Crippen LogP contribution < -0.4 is 5.32 Å². The van der Waals surface area contributed by atoms with Crippen molar-refractivity contribution in [1.29, 1.82) is 0 Å². The Morgan fingerprint density at radius 2 is 2.00 bits per heavy atom. The molecule has 0 bridgehead atoms. The van der Waals surface area contributed by atoms with E-state index in [1.54, 1.807) is 22.3 Å². The van der Waals surface area contributed by atoms with Crippen molar-refractivity contribution in [2.45, 2.75) is 31.8 Å². The van der Waals surface area contributed by atoms with Gasteiger partial charge in [-0.3, -0.25) is 4.79 Å². The molecule has 0 radical (unpaired) electrons. The summed E-state index contributed by atoms with van der Waals surface area (Å²) in [4.78, 5) is 26.5. The number of hydrogen-bond donors (Lipinski definition) is 2. The summed E-state index contributed by atoms with van der Waals surface area (Å²) in [5.74, 6) is -0.862. The number of thiophene rings is 1. The second kappa shape index (κ2) is 10.4. The molecule has 6 heteroatoms. The zero-order chi connectivity index (χ0) is 18.8. The van der Waals surface area contributed by atoms with Crippen molar-refractivity contribution in [3.63, 3.8) is 0 Å². The first-order chi connectivity index (χ1) is 12.6. The standard InChI is InChI=1S/C20H24N2O3S/c1-2-12-22(15-18-9-6-13-26-18)20(25)21-17(10-11-19(23)24)14-16-7-4-3-5-8-16/h2-9,13,17H,1,10-12,14-15H2,(H,21,25)(H,23,24). The van der Waals surface area contributed by atoms with Gasteiger partial charge in [-0.1, -0.05) is 42.5 Å². The van der Waals surface area contributed by atoms with Crippen LogP contribution in [0.5, 0.6) is 0 Å². The Balaban J connectivity index is 2.03. The molecular formula is C20H24N2O3S. The molecule has 0 aliphatic carbocycles. The molecule has 0 spiro atoms. The van der Waals surface area contributed by atoms with Gasteiger partial charge in [-0.15, -0.1) is 17.9 Å². The minimum Gasteiger partial charge on any atom is -0.481 e. The molecular weight excluding hydrogens is 348 g/mol. The number of nitrogens with one attached hydrogen (secondary N) is 1. The molecule has 1 unspecified atom stereocenters. The SMILES string of the molecule is C=CCN(Cc1cccs1)C(=O)NC(CCC(=O)O)Cc1ccccc1. The molecule has 2 rings (SSSR count). The minimum absolute atomic E-state index is 0.0180. The molecule has 2 aromatic rings. The van der Waals surface area contributed by atoms with Gasteiger partial charge in [0.25, 0.3) is 0 Å². The van der Waals surface area contributed by atoms with Crippen LogP contribution in [0, 0.1) is 0 Å². The lowest BCUT2D eigenvalue weighted by molar-refractivity contribution is -0.137. The number of hydrogen-bond acceptors (Lipinski definition) is 3. The fraction of sp³-hybridized carbons (Fsp3) is 0.300. The second-order valence-electron chi connectivity index (χ2n) is 6.02. The molecule has 2 N–H and O–H groups in total. The zero-order valence-corrected chi connectivity index (χ0v) is 15.5. The van der Waals surface area contributed by atoms with Crippen LogP contribution in [0.4, 0.5) is 4.79 Å². The summed E-state index contributed by atoms with van der Waals surface area (Å²) < 4.78 is 0. The summed E-state index contributed by atoms with van der Waals surface area (Å²) in [5, 5.41) is 14.0. The third-order valence-electron chi connectivity index (χ3n) is 3.92. The summed E-state index contributed by atoms with van der Waals surface area (Å²) in [7, 11) is 0. The van der Waals surface area contributed by atoms with Gasteiger partial charge in [-0.2, -0.15) is 0 Å². The maximum absolute atomic E-state index is 12.7. The fourth-order valence-electron chi connectivity index (χ4n) is 2.65. The molecule has 1 heterocycles. The first-order valence-corrected chi connectivity index (χ1v) is 9.41. The van der Waals surface area contributed by atoms with E-state index in [1.807, 2.05) is 47.8 Å². The topological polar surface area (TPSA) is 69.6 Å². The smallest absolute Gasteiger partial charge is 0.318 e. The fourth-order valence-corrected chi connectivity index (χ4v) is 3.37. The van der Waals surface area contributed by atoms with E-state index in [1.165, 1.54) is 0 Å². The summed E-state index contributed by atoms with van der Waals surface area (Å²) in [5.41, 5.74) is 1.07. The van der Waals surface area contributed by atoms with Crippen LogP contribution in [-0.4, -0.2) is 34.6 Å². The van der Waals surface area contributed by atoms with Crippen molar-refractivity contribution in [3.8, 4) is 0 Å². The van der Waals surface area contributed by atoms with E-state index in [4.69, 9.17) is 5.11 Å². The predicted molar refractivity (Wildman–Crippen MR) is 104 cm³/mol. The molecule has 0 saturated heterocycles. The van der Waals surface area contributed by atoms with E-state index < -0.39 is 5.97 Å². The van der Waals surface area contributed by atoms with Crippen molar-refractivity contribution >= 4 is 23.3 Å². The van der Waals surface area contributed by atoms with Gasteiger partial charge in [0, 0.05) is 23.9 Å². The van der Waals surface area contributed by atoms with Gasteiger partial charge in [0.15, 0.2) is 0 Å². The maximum atomic E-state index is 12.7. The van der Waals surface area contributed by atoms with E-state index in [9.17, 15) is 9.59 Å². The molecule has 1 aromatic heterocycles. The van der Waals surface area contributed by atoms with Crippen LogP contribution in [-0.2, 0) is 17.8 Å². The number of carbonyl (C=O) groups is 2. The average Bonchev–Trinajstić information content (AvgIpc) is 3.13. The van der Waals surface area contributed by atoms with Gasteiger partial charge in [-0.25, -0.2) is 4.79 Å². The number of urea groups is 1. The molecule has 138 valence electrons. The average molecular weight is 372 g/mol. The number of carboxylic acids is 1. The summed E-state index contributed by atoms with van der Waals surface area (Å²) in [6.07, 6.45) is 2.69. The number of benzene rings is 1. The molecule has 26 heavy (non-hydrogen) atoms. The van der Waals surface area contributed by atoms with Crippen molar-refractivity contribution in [2.75, 3.05) is 6.54 Å². The monoisotopic (exact) mass is 372 g/mol. The molecule has 1 aromatic carbocycles. The minimum atomic E-state index is -0.862. The van der Waals surface area contributed by atoms with Crippen LogP contribution in [0.15, 0.2) is 60.5 Å². The second-order valence-corrected chi connectivity index (χ2v) is 7.05. The van der Waals surface area contributed by atoms with E-state index in [2.05, 4.69) is 11.9 Å². The number of rotatable bonds is 10. The lowest BCUT2D eigenvalue weighted by Crippen LogP contribution is -2.45. The lowest BCUT2D eigenvalue weighted by Gasteiger charge is -2.25. The van der Waals surface area contributed by atoms with Crippen LogP contribution in [0.25, 0.3) is 0 Å². The number of nitrogens with zero attached hydrogens (tertiary/aromatic N) is 1. The first-order valence-electron chi connectivity index (χ1n) is 8.53. The van der Waals surface area contributed by atoms with Gasteiger partial charge in [-0.05, 0) is 29.9 Å². The molecule has 0 fully saturated rings. The van der Waals surface area contributed by atoms with Crippen molar-refractivity contribution in [2.24, 2.45) is 0 Å². The summed E-state index contributed by atoms with van der Waals surface area (Å²) in [6.45, 7) is 4.66. The lowest BCUT2D eigenvalue weighted by atomic mass is 10.0. The Kier molecular flexibility index (Phi) is 7.89. The van der Waals surface area contributed by atoms with Crippen molar-refractivity contribution < 1.29 is 14.7 Å². The van der Waals surface area contributed by atoms with E-state index >= 15 is 0 Å². The van der Waals surface area contributed by atoms with Crippen molar-refractivity contribution in [3.05, 3.63) is 70.9 Å². The third kappa shape index (κ3) is 6.72. The maximum Gasteiger partial charge on any atom is 0.318 e. The highest BCUT2D eigenvalue weighted by Crippen LogP contribution is 2.13. The quantitative estimate of drug-likeness (QED) is 0.621. The van der Waals surface area contributed by atoms with Gasteiger partial charge in [0.2, 0.25) is 0 Å². The number of carboxylic acid groups (broad SMARTS) is 1. The van der Waals surface area contributed by atoms with Gasteiger partial charge < -0.3 is 15.3 Å². The van der Waals surface area contributed by atoms with E-state index in [0.717, 1.165) is 10.4 Å². The Morgan fingerprint density at radius 1 is 1.23 bits per heavy atom. The molecule has 1 atom stereocenters. The van der Waals surface area contributed by atoms with Crippen molar-refractivity contribution in [1.82, 2.24) is 10.2 Å². The highest BCUT2D eigenvalue weighted by molar-refractivity contribution is 7.09.